The molecule has 1 aromatic carbocycles. The lowest BCUT2D eigenvalue weighted by Crippen LogP contribution is -3.12. The number of quaternary nitrogens is 1. The largest absolute Gasteiger partial charge is 0.451 e. The number of hydrogen-bond acceptors (Lipinski definition) is 4. The lowest BCUT2D eigenvalue weighted by atomic mass is 9.94. The van der Waals surface area contributed by atoms with Gasteiger partial charge in [-0.05, 0) is 57.2 Å². The summed E-state index contributed by atoms with van der Waals surface area (Å²) in [5.74, 6) is 1.02. The van der Waals surface area contributed by atoms with E-state index in [1.54, 1.807) is 22.5 Å². The van der Waals surface area contributed by atoms with E-state index >= 15 is 0 Å². The van der Waals surface area contributed by atoms with Gasteiger partial charge in [0.25, 0.3) is 5.91 Å². The molecular weight excluding hydrogens is 438 g/mol. The Kier molecular flexibility index (Phi) is 8.24. The minimum Gasteiger partial charge on any atom is -0.451 e. The number of aryl methyl sites for hydroxylation is 1. The standard InChI is InChI=1S/C25H39N3O4S/c1-7-27(8-2)14-19(5)13-26-25(29)24-20(6)22-12-21(9-10-23(22)32-24)33(30,31)28-15-17(3)11-18(4)16-28/h9-10,12,17-19H,7-8,11,13-16H2,1-6H3,(H,26,29)/p+1. The van der Waals surface area contributed by atoms with Gasteiger partial charge in [-0.2, -0.15) is 4.31 Å². The maximum absolute atomic E-state index is 13.3. The summed E-state index contributed by atoms with van der Waals surface area (Å²) in [6.07, 6.45) is 1.04. The molecule has 2 N–H and O–H groups in total. The Morgan fingerprint density at radius 1 is 1.21 bits per heavy atom. The Hall–Kier alpha value is -1.90. The molecule has 2 aromatic rings. The molecule has 0 aliphatic carbocycles. The fraction of sp³-hybridized carbons (Fsp3) is 0.640. The lowest BCUT2D eigenvalue weighted by Gasteiger charge is -2.34. The van der Waals surface area contributed by atoms with Crippen LogP contribution in [0.3, 0.4) is 0 Å². The fourth-order valence-corrected chi connectivity index (χ4v) is 6.69. The molecule has 1 saturated heterocycles. The first-order valence-electron chi connectivity index (χ1n) is 12.2. The third-order valence-electron chi connectivity index (χ3n) is 6.84. The van der Waals surface area contributed by atoms with E-state index in [1.807, 2.05) is 6.92 Å². The highest BCUT2D eigenvalue weighted by molar-refractivity contribution is 7.89. The van der Waals surface area contributed by atoms with E-state index < -0.39 is 10.0 Å². The van der Waals surface area contributed by atoms with Gasteiger partial charge in [0.15, 0.2) is 5.76 Å². The van der Waals surface area contributed by atoms with Crippen LogP contribution in [0.2, 0.25) is 0 Å². The van der Waals surface area contributed by atoms with Gasteiger partial charge in [0, 0.05) is 36.5 Å². The molecule has 8 heteroatoms. The number of sulfonamides is 1. The highest BCUT2D eigenvalue weighted by Crippen LogP contribution is 2.31. The Bertz CT molecular complexity index is 1060. The molecule has 1 amide bonds. The van der Waals surface area contributed by atoms with E-state index in [4.69, 9.17) is 4.42 Å². The molecular formula is C25H40N3O4S+. The van der Waals surface area contributed by atoms with E-state index in [2.05, 4.69) is 39.9 Å². The van der Waals surface area contributed by atoms with Crippen LogP contribution in [0.4, 0.5) is 0 Å². The maximum atomic E-state index is 13.3. The van der Waals surface area contributed by atoms with Gasteiger partial charge >= 0.3 is 0 Å². The number of piperidine rings is 1. The van der Waals surface area contributed by atoms with Gasteiger partial charge in [0.05, 0.1) is 24.5 Å². The van der Waals surface area contributed by atoms with Crippen molar-refractivity contribution < 1.29 is 22.5 Å². The summed E-state index contributed by atoms with van der Waals surface area (Å²) in [5.41, 5.74) is 1.19. The third kappa shape index (κ3) is 5.78. The van der Waals surface area contributed by atoms with Gasteiger partial charge in [-0.3, -0.25) is 4.79 Å². The molecule has 1 aromatic heterocycles. The number of nitrogens with one attached hydrogen (secondary N) is 2. The molecule has 1 aliphatic rings. The Morgan fingerprint density at radius 2 is 1.85 bits per heavy atom. The van der Waals surface area contributed by atoms with E-state index in [0.29, 0.717) is 53.9 Å². The molecule has 184 valence electrons. The van der Waals surface area contributed by atoms with E-state index in [9.17, 15) is 13.2 Å². The number of fused-ring (bicyclic) bond motifs is 1. The summed E-state index contributed by atoms with van der Waals surface area (Å²) in [4.78, 5) is 14.6. The van der Waals surface area contributed by atoms with Crippen molar-refractivity contribution >= 4 is 26.9 Å². The molecule has 3 unspecified atom stereocenters. The summed E-state index contributed by atoms with van der Waals surface area (Å²) in [5, 5.41) is 3.65. The van der Waals surface area contributed by atoms with Gasteiger partial charge < -0.3 is 14.6 Å². The number of furan rings is 1. The predicted octanol–water partition coefficient (Wildman–Crippen LogP) is 2.70. The van der Waals surface area contributed by atoms with Crippen LogP contribution in [-0.4, -0.2) is 57.9 Å². The molecule has 3 rings (SSSR count). The molecule has 1 aliphatic heterocycles. The van der Waals surface area contributed by atoms with Crippen LogP contribution in [0.1, 0.15) is 57.2 Å². The number of rotatable bonds is 9. The first kappa shape index (κ1) is 25.7. The number of nitrogens with zero attached hydrogens (tertiary/aromatic N) is 1. The third-order valence-corrected chi connectivity index (χ3v) is 8.66. The van der Waals surface area contributed by atoms with Crippen molar-refractivity contribution in [1.82, 2.24) is 9.62 Å². The topological polar surface area (TPSA) is 84.1 Å². The zero-order chi connectivity index (χ0) is 24.3. The van der Waals surface area contributed by atoms with Crippen molar-refractivity contribution in [2.45, 2.75) is 52.9 Å². The summed E-state index contributed by atoms with van der Waals surface area (Å²) in [7, 11) is -3.60. The van der Waals surface area contributed by atoms with Crippen LogP contribution in [0.25, 0.3) is 11.0 Å². The number of benzene rings is 1. The first-order valence-corrected chi connectivity index (χ1v) is 13.7. The Balaban J connectivity index is 1.78. The number of amides is 1. The SMILES string of the molecule is CC[NH+](CC)CC(C)CNC(=O)c1oc2ccc(S(=O)(=O)N3CC(C)CC(C)C3)cc2c1C. The monoisotopic (exact) mass is 478 g/mol. The smallest absolute Gasteiger partial charge is 0.287 e. The number of carbonyl (C=O) groups excluding carboxylic acids is 1. The molecule has 0 spiro atoms. The molecule has 1 fully saturated rings. The Labute approximate surface area is 198 Å². The Morgan fingerprint density at radius 3 is 2.45 bits per heavy atom. The quantitative estimate of drug-likeness (QED) is 0.580. The van der Waals surface area contributed by atoms with Gasteiger partial charge in [0.2, 0.25) is 10.0 Å². The van der Waals surface area contributed by atoms with Crippen LogP contribution >= 0.6 is 0 Å². The van der Waals surface area contributed by atoms with Crippen molar-refractivity contribution in [3.8, 4) is 0 Å². The molecule has 7 nitrogen and oxygen atoms in total. The first-order chi connectivity index (χ1) is 15.6. The minimum atomic E-state index is -3.60. The zero-order valence-electron chi connectivity index (χ0n) is 20.9. The predicted molar refractivity (Wildman–Crippen MR) is 131 cm³/mol. The molecule has 0 radical (unpaired) electrons. The van der Waals surface area contributed by atoms with Crippen molar-refractivity contribution in [1.29, 1.82) is 0 Å². The second kappa shape index (κ2) is 10.6. The number of hydrogen-bond donors (Lipinski definition) is 2. The molecule has 0 saturated carbocycles. The van der Waals surface area contributed by atoms with Gasteiger partial charge in [-0.1, -0.05) is 20.8 Å². The molecule has 0 bridgehead atoms. The molecule has 33 heavy (non-hydrogen) atoms. The average Bonchev–Trinajstić information content (AvgIpc) is 3.11. The fourth-order valence-electron chi connectivity index (χ4n) is 4.98. The van der Waals surface area contributed by atoms with Crippen LogP contribution in [0, 0.1) is 24.7 Å². The summed E-state index contributed by atoms with van der Waals surface area (Å²) in [6, 6.07) is 4.90. The molecule has 3 atom stereocenters. The summed E-state index contributed by atoms with van der Waals surface area (Å²) in [6.45, 7) is 17.3. The van der Waals surface area contributed by atoms with Gasteiger partial charge in [0.1, 0.15) is 5.58 Å². The second-order valence-corrected chi connectivity index (χ2v) is 11.9. The van der Waals surface area contributed by atoms with E-state index in [-0.39, 0.29) is 16.6 Å². The van der Waals surface area contributed by atoms with E-state index in [1.165, 1.54) is 4.90 Å². The van der Waals surface area contributed by atoms with Crippen LogP contribution in [-0.2, 0) is 10.0 Å². The number of carbonyl (C=O) groups is 1. The zero-order valence-corrected chi connectivity index (χ0v) is 21.7. The van der Waals surface area contributed by atoms with Crippen molar-refractivity contribution in [2.24, 2.45) is 17.8 Å². The van der Waals surface area contributed by atoms with E-state index in [0.717, 1.165) is 26.1 Å². The normalized spacial score (nSPS) is 20.9. The van der Waals surface area contributed by atoms with Crippen LogP contribution in [0.15, 0.2) is 27.5 Å². The van der Waals surface area contributed by atoms with Crippen molar-refractivity contribution in [3.05, 3.63) is 29.5 Å². The highest BCUT2D eigenvalue weighted by atomic mass is 32.2. The molecule has 2 heterocycles. The minimum absolute atomic E-state index is 0.252. The van der Waals surface area contributed by atoms with Gasteiger partial charge in [-0.15, -0.1) is 0 Å². The maximum Gasteiger partial charge on any atom is 0.287 e. The second-order valence-electron chi connectivity index (χ2n) is 9.96. The highest BCUT2D eigenvalue weighted by Gasteiger charge is 2.32. The summed E-state index contributed by atoms with van der Waals surface area (Å²) >= 11 is 0. The van der Waals surface area contributed by atoms with Crippen LogP contribution in [0.5, 0.6) is 0 Å². The summed E-state index contributed by atoms with van der Waals surface area (Å²) < 4.78 is 34.0. The van der Waals surface area contributed by atoms with Gasteiger partial charge in [-0.25, -0.2) is 8.42 Å². The van der Waals surface area contributed by atoms with Crippen molar-refractivity contribution in [2.75, 3.05) is 39.3 Å². The average molecular weight is 479 g/mol. The van der Waals surface area contributed by atoms with Crippen molar-refractivity contribution in [3.63, 3.8) is 0 Å². The van der Waals surface area contributed by atoms with Crippen LogP contribution < -0.4 is 10.2 Å². The lowest BCUT2D eigenvalue weighted by molar-refractivity contribution is -0.899.